The van der Waals surface area contributed by atoms with Crippen LogP contribution in [0.25, 0.3) is 0 Å². The Labute approximate surface area is 187 Å². The Morgan fingerprint density at radius 2 is 2.06 bits per heavy atom. The molecule has 2 heterocycles. The van der Waals surface area contributed by atoms with E-state index in [4.69, 9.17) is 16.3 Å². The quantitative estimate of drug-likeness (QED) is 0.621. The molecular formula is C24H25ClN4O2. The first-order chi connectivity index (χ1) is 15.0. The van der Waals surface area contributed by atoms with Gasteiger partial charge in [0, 0.05) is 42.5 Å². The minimum absolute atomic E-state index is 0.180. The molecule has 0 saturated carbocycles. The summed E-state index contributed by atoms with van der Waals surface area (Å²) in [6, 6.07) is 15.5. The third-order valence-electron chi connectivity index (χ3n) is 5.57. The zero-order chi connectivity index (χ0) is 21.8. The van der Waals surface area contributed by atoms with Gasteiger partial charge >= 0.3 is 0 Å². The van der Waals surface area contributed by atoms with Gasteiger partial charge in [-0.15, -0.1) is 0 Å². The maximum Gasteiger partial charge on any atom is 0.254 e. The SMILES string of the molecule is COc1cccc(CNC(=O)c2cnc([C@@H]3CCN(c4ccc(Cl)cc4)C3)nc2C)c1. The molecule has 4 rings (SSSR count). The lowest BCUT2D eigenvalue weighted by molar-refractivity contribution is 0.0949. The second-order valence-electron chi connectivity index (χ2n) is 7.67. The Morgan fingerprint density at radius 3 is 2.81 bits per heavy atom. The molecular weight excluding hydrogens is 412 g/mol. The van der Waals surface area contributed by atoms with E-state index in [1.807, 2.05) is 55.5 Å². The number of carbonyl (C=O) groups is 1. The fraction of sp³-hybridized carbons (Fsp3) is 0.292. The Balaban J connectivity index is 1.39. The van der Waals surface area contributed by atoms with Crippen LogP contribution in [-0.4, -0.2) is 36.1 Å². The van der Waals surface area contributed by atoms with Gasteiger partial charge in [-0.1, -0.05) is 23.7 Å². The fourth-order valence-corrected chi connectivity index (χ4v) is 3.95. The summed E-state index contributed by atoms with van der Waals surface area (Å²) in [4.78, 5) is 24.2. The van der Waals surface area contributed by atoms with E-state index in [1.165, 1.54) is 0 Å². The molecule has 1 N–H and O–H groups in total. The van der Waals surface area contributed by atoms with Crippen molar-refractivity contribution in [3.8, 4) is 5.75 Å². The number of nitrogens with zero attached hydrogens (tertiary/aromatic N) is 3. The summed E-state index contributed by atoms with van der Waals surface area (Å²) in [5.74, 6) is 1.61. The van der Waals surface area contributed by atoms with Crippen LogP contribution in [-0.2, 0) is 6.54 Å². The standard InChI is InChI=1S/C24H25ClN4O2/c1-16-22(24(30)27-13-17-4-3-5-21(12-17)31-2)14-26-23(28-16)18-10-11-29(15-18)20-8-6-19(25)7-9-20/h3-9,12,14,18H,10-11,13,15H2,1-2H3,(H,27,30)/t18-/m1/s1. The summed E-state index contributed by atoms with van der Waals surface area (Å²) in [6.45, 7) is 4.06. The molecule has 1 saturated heterocycles. The molecule has 0 spiro atoms. The van der Waals surface area contributed by atoms with Gasteiger partial charge in [-0.2, -0.15) is 0 Å². The number of aryl methyl sites for hydroxylation is 1. The largest absolute Gasteiger partial charge is 0.497 e. The lowest BCUT2D eigenvalue weighted by Gasteiger charge is -2.18. The zero-order valence-electron chi connectivity index (χ0n) is 17.6. The van der Waals surface area contributed by atoms with E-state index in [0.29, 0.717) is 17.8 Å². The molecule has 1 atom stereocenters. The Morgan fingerprint density at radius 1 is 1.26 bits per heavy atom. The third kappa shape index (κ3) is 4.97. The lowest BCUT2D eigenvalue weighted by atomic mass is 10.1. The molecule has 2 aromatic carbocycles. The maximum absolute atomic E-state index is 12.6. The first-order valence-electron chi connectivity index (χ1n) is 10.3. The number of hydrogen-bond donors (Lipinski definition) is 1. The van der Waals surface area contributed by atoms with Crippen molar-refractivity contribution < 1.29 is 9.53 Å². The van der Waals surface area contributed by atoms with Crippen molar-refractivity contribution in [1.29, 1.82) is 0 Å². The average molecular weight is 437 g/mol. The number of halogens is 1. The number of amides is 1. The number of rotatable bonds is 6. The van der Waals surface area contributed by atoms with Crippen LogP contribution in [0.5, 0.6) is 5.75 Å². The lowest BCUT2D eigenvalue weighted by Crippen LogP contribution is -2.25. The molecule has 0 radical (unpaired) electrons. The van der Waals surface area contributed by atoms with Crippen molar-refractivity contribution in [2.24, 2.45) is 0 Å². The van der Waals surface area contributed by atoms with Crippen molar-refractivity contribution in [1.82, 2.24) is 15.3 Å². The van der Waals surface area contributed by atoms with Crippen LogP contribution in [0.3, 0.4) is 0 Å². The zero-order valence-corrected chi connectivity index (χ0v) is 18.4. The molecule has 0 unspecified atom stereocenters. The molecule has 1 amide bonds. The predicted molar refractivity (Wildman–Crippen MR) is 122 cm³/mol. The van der Waals surface area contributed by atoms with E-state index in [1.54, 1.807) is 13.3 Å². The van der Waals surface area contributed by atoms with Gasteiger partial charge in [0.2, 0.25) is 0 Å². The molecule has 1 aromatic heterocycles. The van der Waals surface area contributed by atoms with Crippen LogP contribution < -0.4 is 15.0 Å². The molecule has 0 bridgehead atoms. The first kappa shape index (κ1) is 21.1. The topological polar surface area (TPSA) is 67.3 Å². The molecule has 31 heavy (non-hydrogen) atoms. The molecule has 1 fully saturated rings. The number of ether oxygens (including phenoxy) is 1. The molecule has 0 aliphatic carbocycles. The number of aromatic nitrogens is 2. The predicted octanol–water partition coefficient (Wildman–Crippen LogP) is 4.37. The minimum atomic E-state index is -0.180. The number of anilines is 1. The highest BCUT2D eigenvalue weighted by Gasteiger charge is 2.27. The number of carbonyl (C=O) groups excluding carboxylic acids is 1. The summed E-state index contributed by atoms with van der Waals surface area (Å²) in [5, 5.41) is 3.67. The van der Waals surface area contributed by atoms with Gasteiger partial charge in [0.05, 0.1) is 18.4 Å². The van der Waals surface area contributed by atoms with Crippen molar-refractivity contribution >= 4 is 23.2 Å². The van der Waals surface area contributed by atoms with Crippen LogP contribution in [0.15, 0.2) is 54.7 Å². The number of methoxy groups -OCH3 is 1. The smallest absolute Gasteiger partial charge is 0.254 e. The number of benzene rings is 2. The van der Waals surface area contributed by atoms with Crippen LogP contribution in [0.4, 0.5) is 5.69 Å². The monoisotopic (exact) mass is 436 g/mol. The van der Waals surface area contributed by atoms with Crippen LogP contribution in [0, 0.1) is 6.92 Å². The van der Waals surface area contributed by atoms with Gasteiger partial charge in [0.25, 0.3) is 5.91 Å². The summed E-state index contributed by atoms with van der Waals surface area (Å²) in [7, 11) is 1.62. The summed E-state index contributed by atoms with van der Waals surface area (Å²) in [6.07, 6.45) is 2.62. The summed E-state index contributed by atoms with van der Waals surface area (Å²) in [5.41, 5.74) is 3.31. The Kier molecular flexibility index (Phi) is 6.37. The third-order valence-corrected chi connectivity index (χ3v) is 5.83. The van der Waals surface area contributed by atoms with E-state index < -0.39 is 0 Å². The van der Waals surface area contributed by atoms with Crippen LogP contribution in [0.1, 0.15) is 39.8 Å². The van der Waals surface area contributed by atoms with E-state index >= 15 is 0 Å². The van der Waals surface area contributed by atoms with Gasteiger partial charge in [-0.05, 0) is 55.3 Å². The van der Waals surface area contributed by atoms with Crippen LogP contribution in [0.2, 0.25) is 5.02 Å². The highest BCUT2D eigenvalue weighted by Crippen LogP contribution is 2.30. The fourth-order valence-electron chi connectivity index (χ4n) is 3.82. The number of hydrogen-bond acceptors (Lipinski definition) is 5. The highest BCUT2D eigenvalue weighted by molar-refractivity contribution is 6.30. The van der Waals surface area contributed by atoms with Gasteiger partial charge in [0.1, 0.15) is 11.6 Å². The van der Waals surface area contributed by atoms with E-state index in [9.17, 15) is 4.79 Å². The first-order valence-corrected chi connectivity index (χ1v) is 10.7. The van der Waals surface area contributed by atoms with Crippen molar-refractivity contribution in [3.63, 3.8) is 0 Å². The van der Waals surface area contributed by atoms with Gasteiger partial charge in [0.15, 0.2) is 0 Å². The second kappa shape index (κ2) is 9.35. The maximum atomic E-state index is 12.6. The van der Waals surface area contributed by atoms with Gasteiger partial charge in [-0.25, -0.2) is 9.97 Å². The summed E-state index contributed by atoms with van der Waals surface area (Å²) < 4.78 is 5.23. The van der Waals surface area contributed by atoms with E-state index in [0.717, 1.165) is 47.4 Å². The molecule has 160 valence electrons. The van der Waals surface area contributed by atoms with Gasteiger partial charge < -0.3 is 15.0 Å². The Hall–Kier alpha value is -3.12. The summed E-state index contributed by atoms with van der Waals surface area (Å²) >= 11 is 5.99. The minimum Gasteiger partial charge on any atom is -0.497 e. The molecule has 1 aliphatic rings. The Bertz CT molecular complexity index is 1070. The second-order valence-corrected chi connectivity index (χ2v) is 8.11. The molecule has 6 nitrogen and oxygen atoms in total. The van der Waals surface area contributed by atoms with Crippen molar-refractivity contribution in [2.45, 2.75) is 25.8 Å². The highest BCUT2D eigenvalue weighted by atomic mass is 35.5. The molecule has 7 heteroatoms. The normalized spacial score (nSPS) is 15.7. The van der Waals surface area contributed by atoms with Crippen molar-refractivity contribution in [2.75, 3.05) is 25.1 Å². The van der Waals surface area contributed by atoms with E-state index in [-0.39, 0.29) is 11.8 Å². The van der Waals surface area contributed by atoms with Crippen molar-refractivity contribution in [3.05, 3.63) is 82.4 Å². The number of nitrogens with one attached hydrogen (secondary N) is 1. The molecule has 1 aliphatic heterocycles. The van der Waals surface area contributed by atoms with Crippen LogP contribution >= 0.6 is 11.6 Å². The average Bonchev–Trinajstić information content (AvgIpc) is 3.28. The molecule has 3 aromatic rings. The van der Waals surface area contributed by atoms with E-state index in [2.05, 4.69) is 20.2 Å². The van der Waals surface area contributed by atoms with Gasteiger partial charge in [-0.3, -0.25) is 4.79 Å².